The molecular weight excluding hydrogens is 320 g/mol. The van der Waals surface area contributed by atoms with Crippen LogP contribution >= 0.6 is 15.9 Å². The van der Waals surface area contributed by atoms with Crippen molar-refractivity contribution in [1.29, 1.82) is 0 Å². The van der Waals surface area contributed by atoms with Gasteiger partial charge in [0.05, 0.1) is 5.54 Å². The van der Waals surface area contributed by atoms with Gasteiger partial charge in [0.25, 0.3) is 5.91 Å². The van der Waals surface area contributed by atoms with Crippen molar-refractivity contribution in [3.05, 3.63) is 34.5 Å². The molecule has 0 radical (unpaired) electrons. The number of rotatable bonds is 5. The molecule has 1 aromatic heterocycles. The summed E-state index contributed by atoms with van der Waals surface area (Å²) >= 11 is 3.40. The second kappa shape index (κ2) is 5.97. The lowest BCUT2D eigenvalue weighted by atomic mass is 9.93. The average Bonchev–Trinajstić information content (AvgIpc) is 2.88. The summed E-state index contributed by atoms with van der Waals surface area (Å²) < 4.78 is 6.55. The minimum absolute atomic E-state index is 0.216. The Kier molecular flexibility index (Phi) is 4.50. The van der Waals surface area contributed by atoms with Crippen LogP contribution in [0.5, 0.6) is 0 Å². The minimum atomic E-state index is -0.364. The van der Waals surface area contributed by atoms with Gasteiger partial charge < -0.3 is 15.5 Å². The van der Waals surface area contributed by atoms with Crippen LogP contribution in [0, 0.1) is 0 Å². The zero-order chi connectivity index (χ0) is 14.8. The van der Waals surface area contributed by atoms with Crippen LogP contribution in [0.3, 0.4) is 0 Å². The molecule has 1 aromatic carbocycles. The molecule has 1 amide bonds. The number of nitrogens with one attached hydrogen (secondary N) is 1. The summed E-state index contributed by atoms with van der Waals surface area (Å²) in [5, 5.41) is 3.90. The highest BCUT2D eigenvalue weighted by atomic mass is 79.9. The van der Waals surface area contributed by atoms with Gasteiger partial charge in [-0.3, -0.25) is 4.79 Å². The predicted molar refractivity (Wildman–Crippen MR) is 83.7 cm³/mol. The standard InChI is InChI=1S/C15H19BrN2O2/c1-3-15(4-2,9-17)18-14(19)13-8-10-7-11(16)5-6-12(10)20-13/h5-8H,3-4,9,17H2,1-2H3,(H,18,19). The fourth-order valence-corrected chi connectivity index (χ4v) is 2.57. The molecule has 2 aromatic rings. The molecule has 0 aliphatic carbocycles. The molecule has 0 atom stereocenters. The molecule has 2 rings (SSSR count). The van der Waals surface area contributed by atoms with Crippen molar-refractivity contribution >= 4 is 32.8 Å². The second-order valence-electron chi connectivity index (χ2n) is 4.94. The van der Waals surface area contributed by atoms with Gasteiger partial charge in [0.1, 0.15) is 5.58 Å². The Bertz CT molecular complexity index is 609. The van der Waals surface area contributed by atoms with E-state index in [1.54, 1.807) is 6.07 Å². The van der Waals surface area contributed by atoms with Crippen LogP contribution in [-0.2, 0) is 0 Å². The van der Waals surface area contributed by atoms with E-state index >= 15 is 0 Å². The maximum Gasteiger partial charge on any atom is 0.287 e. The molecule has 5 heteroatoms. The number of fused-ring (bicyclic) bond motifs is 1. The monoisotopic (exact) mass is 338 g/mol. The van der Waals surface area contributed by atoms with Gasteiger partial charge in [-0.1, -0.05) is 29.8 Å². The van der Waals surface area contributed by atoms with Crippen molar-refractivity contribution in [3.63, 3.8) is 0 Å². The zero-order valence-electron chi connectivity index (χ0n) is 11.7. The Morgan fingerprint density at radius 2 is 2.05 bits per heavy atom. The van der Waals surface area contributed by atoms with E-state index in [4.69, 9.17) is 10.2 Å². The maximum atomic E-state index is 12.3. The van der Waals surface area contributed by atoms with Crippen LogP contribution < -0.4 is 11.1 Å². The van der Waals surface area contributed by atoms with Crippen LogP contribution in [0.4, 0.5) is 0 Å². The van der Waals surface area contributed by atoms with Gasteiger partial charge in [-0.15, -0.1) is 0 Å². The third-order valence-electron chi connectivity index (χ3n) is 3.83. The molecular formula is C15H19BrN2O2. The van der Waals surface area contributed by atoms with E-state index in [9.17, 15) is 4.79 Å². The fourth-order valence-electron chi connectivity index (χ4n) is 2.20. The number of hydrogen-bond donors (Lipinski definition) is 2. The van der Waals surface area contributed by atoms with E-state index < -0.39 is 0 Å². The third kappa shape index (κ3) is 2.88. The number of furan rings is 1. The molecule has 0 bridgehead atoms. The first-order chi connectivity index (χ1) is 9.53. The van der Waals surface area contributed by atoms with Crippen LogP contribution in [0.25, 0.3) is 11.0 Å². The van der Waals surface area contributed by atoms with Crippen molar-refractivity contribution in [2.24, 2.45) is 5.73 Å². The molecule has 108 valence electrons. The Morgan fingerprint density at radius 1 is 1.35 bits per heavy atom. The van der Waals surface area contributed by atoms with Crippen LogP contribution in [0.2, 0.25) is 0 Å². The van der Waals surface area contributed by atoms with Gasteiger partial charge in [0, 0.05) is 16.4 Å². The molecule has 20 heavy (non-hydrogen) atoms. The van der Waals surface area contributed by atoms with E-state index in [-0.39, 0.29) is 11.4 Å². The summed E-state index contributed by atoms with van der Waals surface area (Å²) in [5.74, 6) is 0.101. The SMILES string of the molecule is CCC(CC)(CN)NC(=O)c1cc2cc(Br)ccc2o1. The Balaban J connectivity index is 2.27. The van der Waals surface area contributed by atoms with Gasteiger partial charge in [0.15, 0.2) is 5.76 Å². The Morgan fingerprint density at radius 3 is 2.65 bits per heavy atom. The lowest BCUT2D eigenvalue weighted by molar-refractivity contribution is 0.0869. The van der Waals surface area contributed by atoms with Crippen molar-refractivity contribution in [2.45, 2.75) is 32.2 Å². The largest absolute Gasteiger partial charge is 0.451 e. The number of benzene rings is 1. The minimum Gasteiger partial charge on any atom is -0.451 e. The number of halogens is 1. The Labute approximate surface area is 126 Å². The first kappa shape index (κ1) is 15.1. The van der Waals surface area contributed by atoms with E-state index in [0.717, 1.165) is 22.7 Å². The van der Waals surface area contributed by atoms with Gasteiger partial charge >= 0.3 is 0 Å². The van der Waals surface area contributed by atoms with E-state index in [1.165, 1.54) is 0 Å². The Hall–Kier alpha value is -1.33. The van der Waals surface area contributed by atoms with Gasteiger partial charge in [-0.2, -0.15) is 0 Å². The summed E-state index contributed by atoms with van der Waals surface area (Å²) in [5.41, 5.74) is 6.13. The lowest BCUT2D eigenvalue weighted by Crippen LogP contribution is -2.52. The fraction of sp³-hybridized carbons (Fsp3) is 0.400. The molecule has 0 aliphatic heterocycles. The molecule has 0 spiro atoms. The quantitative estimate of drug-likeness (QED) is 0.877. The molecule has 0 saturated heterocycles. The molecule has 0 aliphatic rings. The van der Waals surface area contributed by atoms with E-state index in [0.29, 0.717) is 17.9 Å². The van der Waals surface area contributed by atoms with Gasteiger partial charge in [-0.05, 0) is 37.1 Å². The number of nitrogens with two attached hydrogens (primary N) is 1. The highest BCUT2D eigenvalue weighted by molar-refractivity contribution is 9.10. The van der Waals surface area contributed by atoms with Crippen molar-refractivity contribution in [1.82, 2.24) is 5.32 Å². The first-order valence-electron chi connectivity index (χ1n) is 6.75. The number of hydrogen-bond acceptors (Lipinski definition) is 3. The van der Waals surface area contributed by atoms with Crippen molar-refractivity contribution in [2.75, 3.05) is 6.54 Å². The van der Waals surface area contributed by atoms with E-state index in [1.807, 2.05) is 32.0 Å². The number of amides is 1. The third-order valence-corrected chi connectivity index (χ3v) is 4.32. The average molecular weight is 339 g/mol. The van der Waals surface area contributed by atoms with Gasteiger partial charge in [-0.25, -0.2) is 0 Å². The van der Waals surface area contributed by atoms with Crippen molar-refractivity contribution in [3.8, 4) is 0 Å². The normalized spacial score (nSPS) is 11.8. The highest BCUT2D eigenvalue weighted by Crippen LogP contribution is 2.24. The summed E-state index contributed by atoms with van der Waals surface area (Å²) in [6.07, 6.45) is 1.58. The smallest absolute Gasteiger partial charge is 0.287 e. The molecule has 0 fully saturated rings. The molecule has 4 nitrogen and oxygen atoms in total. The summed E-state index contributed by atoms with van der Waals surface area (Å²) in [4.78, 5) is 12.3. The predicted octanol–water partition coefficient (Wildman–Crippen LogP) is 3.44. The van der Waals surface area contributed by atoms with Crippen LogP contribution in [0.15, 0.2) is 33.2 Å². The van der Waals surface area contributed by atoms with Crippen LogP contribution in [-0.4, -0.2) is 18.0 Å². The molecule has 0 unspecified atom stereocenters. The van der Waals surface area contributed by atoms with E-state index in [2.05, 4.69) is 21.2 Å². The summed E-state index contributed by atoms with van der Waals surface area (Å²) in [7, 11) is 0. The zero-order valence-corrected chi connectivity index (χ0v) is 13.3. The first-order valence-corrected chi connectivity index (χ1v) is 7.54. The topological polar surface area (TPSA) is 68.3 Å². The molecule has 0 saturated carbocycles. The number of carbonyl (C=O) groups is 1. The summed E-state index contributed by atoms with van der Waals surface area (Å²) in [6.45, 7) is 4.45. The highest BCUT2D eigenvalue weighted by Gasteiger charge is 2.28. The maximum absolute atomic E-state index is 12.3. The second-order valence-corrected chi connectivity index (χ2v) is 5.85. The number of carbonyl (C=O) groups excluding carboxylic acids is 1. The lowest BCUT2D eigenvalue weighted by Gasteiger charge is -2.30. The van der Waals surface area contributed by atoms with Crippen LogP contribution in [0.1, 0.15) is 37.2 Å². The summed E-state index contributed by atoms with van der Waals surface area (Å²) in [6, 6.07) is 7.40. The molecule has 3 N–H and O–H groups in total. The van der Waals surface area contributed by atoms with Gasteiger partial charge in [0.2, 0.25) is 0 Å². The molecule has 1 heterocycles. The van der Waals surface area contributed by atoms with Crippen molar-refractivity contribution < 1.29 is 9.21 Å².